The molecule has 2 aromatic carbocycles. The zero-order valence-electron chi connectivity index (χ0n) is 23.8. The molecule has 6 rings (SSSR count). The van der Waals surface area contributed by atoms with Crippen molar-refractivity contribution < 1.29 is 13.6 Å². The number of nitrogens with one attached hydrogen (secondary N) is 1. The number of aromatic nitrogens is 4. The number of fused-ring (bicyclic) bond motifs is 1. The van der Waals surface area contributed by atoms with Crippen molar-refractivity contribution in [2.45, 2.75) is 19.3 Å². The molecule has 1 aliphatic heterocycles. The fourth-order valence-corrected chi connectivity index (χ4v) is 4.69. The molecule has 44 heavy (non-hydrogen) atoms. The van der Waals surface area contributed by atoms with Crippen molar-refractivity contribution >= 4 is 28.9 Å². The highest BCUT2D eigenvalue weighted by Crippen LogP contribution is 2.23. The summed E-state index contributed by atoms with van der Waals surface area (Å²) in [5.74, 6) is 6.51. The largest absolute Gasteiger partial charge is 0.448 e. The zero-order chi connectivity index (χ0) is 30.1. The van der Waals surface area contributed by atoms with E-state index in [9.17, 15) is 9.18 Å². The molecule has 218 valence electrons. The van der Waals surface area contributed by atoms with Gasteiger partial charge in [-0.1, -0.05) is 30.2 Å². The molecule has 3 aromatic heterocycles. The normalized spacial score (nSPS) is 12.8. The lowest BCUT2D eigenvalue weighted by molar-refractivity contribution is 0.0998. The molecule has 1 N–H and O–H groups in total. The molecular formula is C34H28FN7O2. The molecular weight excluding hydrogens is 557 g/mol. The predicted molar refractivity (Wildman–Crippen MR) is 167 cm³/mol. The van der Waals surface area contributed by atoms with E-state index in [1.165, 1.54) is 24.6 Å². The van der Waals surface area contributed by atoms with Crippen molar-refractivity contribution in [3.63, 3.8) is 0 Å². The second-order valence-corrected chi connectivity index (χ2v) is 9.92. The molecule has 0 bridgehead atoms. The minimum atomic E-state index is -0.633. The quantitative estimate of drug-likeness (QED) is 0.149. The molecule has 0 saturated heterocycles. The third-order valence-corrected chi connectivity index (χ3v) is 6.83. The molecule has 9 nitrogen and oxygen atoms in total. The van der Waals surface area contributed by atoms with Gasteiger partial charge in [-0.15, -0.1) is 0 Å². The molecule has 4 heterocycles. The minimum absolute atomic E-state index is 0.0218. The third-order valence-electron chi connectivity index (χ3n) is 6.83. The van der Waals surface area contributed by atoms with Crippen LogP contribution in [0, 0.1) is 17.7 Å². The fraction of sp³-hybridized carbons (Fsp3) is 0.176. The maximum atomic E-state index is 13.7. The van der Waals surface area contributed by atoms with Gasteiger partial charge in [0.2, 0.25) is 0 Å². The van der Waals surface area contributed by atoms with Crippen molar-refractivity contribution in [3.8, 4) is 17.5 Å². The van der Waals surface area contributed by atoms with E-state index in [0.717, 1.165) is 53.0 Å². The van der Waals surface area contributed by atoms with Crippen LogP contribution in [0.25, 0.3) is 16.7 Å². The van der Waals surface area contributed by atoms with Gasteiger partial charge in [-0.3, -0.25) is 19.3 Å². The number of allylic oxidation sites excluding steroid dienone is 1. The summed E-state index contributed by atoms with van der Waals surface area (Å²) in [5.41, 5.74) is 4.65. The molecule has 0 spiro atoms. The number of benzene rings is 2. The minimum Gasteiger partial charge on any atom is -0.448 e. The van der Waals surface area contributed by atoms with Crippen molar-refractivity contribution in [3.05, 3.63) is 120 Å². The monoisotopic (exact) mass is 585 g/mol. The first kappa shape index (κ1) is 28.6. The topological polar surface area (TPSA) is 111 Å². The second-order valence-electron chi connectivity index (χ2n) is 9.92. The standard InChI is InChI=1S/C34H28FN7O2/c35-27-10-6-18-38-29(27)22-39-34(43)30-23-44-33(41-30)16-20-36-19-15-32-40-28-21-24(11-13-25-7-4-5-17-37-25)12-14-31(28)42(32)26-8-2-1-3-9-26/h1-4,6-10,12,14,18,21-23,36H,5,15-17,19-20H2/b39-22+. The van der Waals surface area contributed by atoms with Crippen LogP contribution in [0.1, 0.15) is 39.9 Å². The zero-order valence-corrected chi connectivity index (χ0v) is 23.8. The number of para-hydroxylation sites is 1. The summed E-state index contributed by atoms with van der Waals surface area (Å²) in [5, 5.41) is 3.41. The van der Waals surface area contributed by atoms with Crippen molar-refractivity contribution in [2.75, 3.05) is 19.6 Å². The molecule has 1 amide bonds. The van der Waals surface area contributed by atoms with Crippen LogP contribution in [0.5, 0.6) is 0 Å². The number of halogens is 1. The Morgan fingerprint density at radius 2 is 1.95 bits per heavy atom. The summed E-state index contributed by atoms with van der Waals surface area (Å²) >= 11 is 0. The van der Waals surface area contributed by atoms with Crippen molar-refractivity contribution in [1.29, 1.82) is 0 Å². The van der Waals surface area contributed by atoms with E-state index in [1.807, 2.05) is 36.4 Å². The van der Waals surface area contributed by atoms with Crippen LogP contribution < -0.4 is 5.32 Å². The average molecular weight is 586 g/mol. The highest BCUT2D eigenvalue weighted by molar-refractivity contribution is 6.09. The van der Waals surface area contributed by atoms with E-state index < -0.39 is 11.7 Å². The number of hydrogen-bond donors (Lipinski definition) is 1. The molecule has 0 radical (unpaired) electrons. The number of amides is 1. The number of rotatable bonds is 9. The highest BCUT2D eigenvalue weighted by atomic mass is 19.1. The van der Waals surface area contributed by atoms with Crippen LogP contribution in [-0.4, -0.2) is 57.0 Å². The Labute approximate surface area is 253 Å². The number of hydrogen-bond acceptors (Lipinski definition) is 7. The van der Waals surface area contributed by atoms with Gasteiger partial charge >= 0.3 is 0 Å². The highest BCUT2D eigenvalue weighted by Gasteiger charge is 2.14. The Balaban J connectivity index is 1.08. The Morgan fingerprint density at radius 1 is 1.07 bits per heavy atom. The van der Waals surface area contributed by atoms with Crippen molar-refractivity contribution in [1.82, 2.24) is 24.8 Å². The first-order valence-electron chi connectivity index (χ1n) is 14.3. The molecule has 1 aliphatic rings. The molecule has 0 saturated carbocycles. The van der Waals surface area contributed by atoms with E-state index in [-0.39, 0.29) is 11.4 Å². The maximum Gasteiger partial charge on any atom is 0.298 e. The summed E-state index contributed by atoms with van der Waals surface area (Å²) in [4.78, 5) is 33.5. The summed E-state index contributed by atoms with van der Waals surface area (Å²) in [7, 11) is 0. The van der Waals surface area contributed by atoms with Crippen LogP contribution in [-0.2, 0) is 12.8 Å². The Bertz CT molecular complexity index is 1940. The van der Waals surface area contributed by atoms with Gasteiger partial charge in [0.25, 0.3) is 5.91 Å². The number of carbonyl (C=O) groups is 1. The Morgan fingerprint density at radius 3 is 2.80 bits per heavy atom. The van der Waals surface area contributed by atoms with Gasteiger partial charge < -0.3 is 9.73 Å². The van der Waals surface area contributed by atoms with Gasteiger partial charge in [0.05, 0.1) is 17.2 Å². The van der Waals surface area contributed by atoms with E-state index in [4.69, 9.17) is 9.40 Å². The third kappa shape index (κ3) is 6.91. The predicted octanol–water partition coefficient (Wildman–Crippen LogP) is 4.93. The number of pyridine rings is 1. The lowest BCUT2D eigenvalue weighted by atomic mass is 10.1. The lowest BCUT2D eigenvalue weighted by Gasteiger charge is -2.10. The van der Waals surface area contributed by atoms with Crippen molar-refractivity contribution in [2.24, 2.45) is 9.98 Å². The Hall–Kier alpha value is -5.53. The first-order valence-corrected chi connectivity index (χ1v) is 14.3. The van der Waals surface area contributed by atoms with Crippen LogP contribution in [0.15, 0.2) is 99.7 Å². The summed E-state index contributed by atoms with van der Waals surface area (Å²) in [6, 6.07) is 19.0. The number of aliphatic imine (C=N–C) groups is 2. The molecule has 0 unspecified atom stereocenters. The lowest BCUT2D eigenvalue weighted by Crippen LogP contribution is -2.21. The summed E-state index contributed by atoms with van der Waals surface area (Å²) in [6.45, 7) is 2.03. The van der Waals surface area contributed by atoms with Gasteiger partial charge in [0.15, 0.2) is 11.6 Å². The Kier molecular flexibility index (Phi) is 8.85. The van der Waals surface area contributed by atoms with E-state index in [1.54, 1.807) is 0 Å². The molecule has 0 aliphatic carbocycles. The number of oxazole rings is 1. The van der Waals surface area contributed by atoms with Crippen LogP contribution in [0.4, 0.5) is 4.39 Å². The number of imidazole rings is 1. The van der Waals surface area contributed by atoms with Gasteiger partial charge in [0.1, 0.15) is 29.3 Å². The van der Waals surface area contributed by atoms with Crippen LogP contribution in [0.2, 0.25) is 0 Å². The van der Waals surface area contributed by atoms with Gasteiger partial charge in [0, 0.05) is 49.9 Å². The van der Waals surface area contributed by atoms with E-state index in [2.05, 4.69) is 66.0 Å². The average Bonchev–Trinajstić information content (AvgIpc) is 3.68. The number of nitrogens with zero attached hydrogens (tertiary/aromatic N) is 6. The smallest absolute Gasteiger partial charge is 0.298 e. The fourth-order valence-electron chi connectivity index (χ4n) is 4.69. The van der Waals surface area contributed by atoms with E-state index >= 15 is 0 Å². The van der Waals surface area contributed by atoms with Gasteiger partial charge in [-0.2, -0.15) is 0 Å². The second kappa shape index (κ2) is 13.6. The van der Waals surface area contributed by atoms with Crippen LogP contribution >= 0.6 is 0 Å². The molecule has 5 aromatic rings. The van der Waals surface area contributed by atoms with Crippen LogP contribution in [0.3, 0.4) is 0 Å². The molecule has 0 atom stereocenters. The first-order chi connectivity index (χ1) is 21.6. The maximum absolute atomic E-state index is 13.7. The summed E-state index contributed by atoms with van der Waals surface area (Å²) in [6.07, 6.45) is 9.93. The number of dihydropyridines is 1. The van der Waals surface area contributed by atoms with Gasteiger partial charge in [-0.25, -0.2) is 19.4 Å². The summed E-state index contributed by atoms with van der Waals surface area (Å²) < 4.78 is 21.3. The van der Waals surface area contributed by atoms with E-state index in [0.29, 0.717) is 31.8 Å². The number of carbonyl (C=O) groups excluding carboxylic acids is 1. The SMILES string of the molecule is O=C(/N=C/c1ncccc1F)c1coc(CCNCCc2nc3cc(C#CC4=NCCC=C4)ccc3n2-c2ccccc2)n1. The molecule has 10 heteroatoms. The van der Waals surface area contributed by atoms with Gasteiger partial charge in [-0.05, 0) is 60.9 Å². The molecule has 0 fully saturated rings.